The molecule has 1 unspecified atom stereocenters. The third kappa shape index (κ3) is 6.98. The van der Waals surface area contributed by atoms with E-state index in [1.807, 2.05) is 12.1 Å². The maximum Gasteiger partial charge on any atom is 0.0438 e. The van der Waals surface area contributed by atoms with E-state index in [0.29, 0.717) is 11.3 Å². The van der Waals surface area contributed by atoms with Gasteiger partial charge in [0.15, 0.2) is 0 Å². The molecule has 0 spiro atoms. The molecule has 1 N–H and O–H groups in total. The van der Waals surface area contributed by atoms with Gasteiger partial charge in [-0.15, -0.1) is 0 Å². The van der Waals surface area contributed by atoms with Gasteiger partial charge in [0, 0.05) is 5.02 Å². The molecule has 1 atom stereocenters. The first kappa shape index (κ1) is 16.5. The van der Waals surface area contributed by atoms with Crippen molar-refractivity contribution in [2.75, 3.05) is 13.1 Å². The van der Waals surface area contributed by atoms with Gasteiger partial charge in [-0.2, -0.15) is 0 Å². The first-order valence-corrected chi connectivity index (χ1v) is 7.74. The third-order valence-electron chi connectivity index (χ3n) is 3.45. The largest absolute Gasteiger partial charge is 0.317 e. The molecule has 1 aromatic rings. The first-order chi connectivity index (χ1) is 8.92. The minimum absolute atomic E-state index is 0.408. The summed E-state index contributed by atoms with van der Waals surface area (Å²) in [4.78, 5) is 0. The lowest BCUT2D eigenvalue weighted by Crippen LogP contribution is -2.25. The number of halogens is 1. The molecule has 108 valence electrons. The Morgan fingerprint density at radius 1 is 1.21 bits per heavy atom. The van der Waals surface area contributed by atoms with E-state index in [1.165, 1.54) is 18.4 Å². The van der Waals surface area contributed by atoms with Crippen LogP contribution in [0.4, 0.5) is 0 Å². The molecular formula is C17H28ClN. The summed E-state index contributed by atoms with van der Waals surface area (Å²) in [5, 5.41) is 4.38. The first-order valence-electron chi connectivity index (χ1n) is 7.36. The van der Waals surface area contributed by atoms with Crippen LogP contribution in [-0.4, -0.2) is 13.1 Å². The normalized spacial score (nSPS) is 13.5. The zero-order valence-corrected chi connectivity index (χ0v) is 13.6. The summed E-state index contributed by atoms with van der Waals surface area (Å²) in [7, 11) is 0. The molecule has 0 fully saturated rings. The molecule has 0 aliphatic carbocycles. The quantitative estimate of drug-likeness (QED) is 0.747. The van der Waals surface area contributed by atoms with E-state index in [-0.39, 0.29) is 0 Å². The smallest absolute Gasteiger partial charge is 0.0438 e. The Balaban J connectivity index is 2.61. The van der Waals surface area contributed by atoms with Gasteiger partial charge in [-0.3, -0.25) is 0 Å². The Kier molecular flexibility index (Phi) is 6.88. The maximum absolute atomic E-state index is 6.27. The standard InChI is InChI=1S/C17H28ClN/c1-5-19-13-14(10-11-17(2,3)4)12-15-8-6-7-9-16(15)18/h6-9,14,19H,5,10-13H2,1-4H3. The summed E-state index contributed by atoms with van der Waals surface area (Å²) >= 11 is 6.27. The van der Waals surface area contributed by atoms with Gasteiger partial charge < -0.3 is 5.32 Å². The highest BCUT2D eigenvalue weighted by Crippen LogP contribution is 2.26. The lowest BCUT2D eigenvalue weighted by Gasteiger charge is -2.24. The zero-order chi connectivity index (χ0) is 14.3. The Labute approximate surface area is 123 Å². The zero-order valence-electron chi connectivity index (χ0n) is 12.8. The summed E-state index contributed by atoms with van der Waals surface area (Å²) in [5.41, 5.74) is 1.69. The molecule has 0 bridgehead atoms. The van der Waals surface area contributed by atoms with E-state index in [2.05, 4.69) is 45.1 Å². The number of benzene rings is 1. The fraction of sp³-hybridized carbons (Fsp3) is 0.647. The molecule has 0 radical (unpaired) electrons. The van der Waals surface area contributed by atoms with Crippen molar-refractivity contribution in [2.45, 2.75) is 47.0 Å². The van der Waals surface area contributed by atoms with Gasteiger partial charge in [-0.05, 0) is 55.3 Å². The van der Waals surface area contributed by atoms with E-state index >= 15 is 0 Å². The minimum atomic E-state index is 0.408. The van der Waals surface area contributed by atoms with Gasteiger partial charge in [-0.1, -0.05) is 57.5 Å². The second kappa shape index (κ2) is 7.91. The molecule has 0 heterocycles. The molecule has 1 rings (SSSR count). The second-order valence-electron chi connectivity index (χ2n) is 6.57. The molecule has 2 heteroatoms. The number of nitrogens with one attached hydrogen (secondary N) is 1. The summed E-state index contributed by atoms with van der Waals surface area (Å²) in [5.74, 6) is 0.666. The van der Waals surface area contributed by atoms with Crippen LogP contribution in [0.3, 0.4) is 0 Å². The SMILES string of the molecule is CCNCC(CCC(C)(C)C)Cc1ccccc1Cl. The van der Waals surface area contributed by atoms with Crippen LogP contribution in [0.15, 0.2) is 24.3 Å². The van der Waals surface area contributed by atoms with E-state index in [0.717, 1.165) is 24.5 Å². The van der Waals surface area contributed by atoms with Crippen LogP contribution in [-0.2, 0) is 6.42 Å². The Morgan fingerprint density at radius 3 is 2.47 bits per heavy atom. The van der Waals surface area contributed by atoms with Crippen molar-refractivity contribution in [2.24, 2.45) is 11.3 Å². The second-order valence-corrected chi connectivity index (χ2v) is 6.98. The van der Waals surface area contributed by atoms with Crippen LogP contribution in [0.25, 0.3) is 0 Å². The maximum atomic E-state index is 6.27. The third-order valence-corrected chi connectivity index (χ3v) is 3.82. The monoisotopic (exact) mass is 281 g/mol. The van der Waals surface area contributed by atoms with Crippen LogP contribution in [0.5, 0.6) is 0 Å². The molecule has 0 aliphatic rings. The molecule has 1 aromatic carbocycles. The Hall–Kier alpha value is -0.530. The molecule has 0 amide bonds. The molecule has 0 saturated carbocycles. The lowest BCUT2D eigenvalue weighted by molar-refractivity contribution is 0.315. The van der Waals surface area contributed by atoms with Crippen molar-refractivity contribution in [3.8, 4) is 0 Å². The summed E-state index contributed by atoms with van der Waals surface area (Å²) in [6, 6.07) is 8.22. The van der Waals surface area contributed by atoms with Gasteiger partial charge in [0.25, 0.3) is 0 Å². The molecular weight excluding hydrogens is 254 g/mol. The van der Waals surface area contributed by atoms with Crippen LogP contribution >= 0.6 is 11.6 Å². The van der Waals surface area contributed by atoms with Crippen LogP contribution in [0.2, 0.25) is 5.02 Å². The van der Waals surface area contributed by atoms with E-state index in [4.69, 9.17) is 11.6 Å². The predicted molar refractivity (Wildman–Crippen MR) is 85.9 cm³/mol. The van der Waals surface area contributed by atoms with Crippen molar-refractivity contribution < 1.29 is 0 Å². The average molecular weight is 282 g/mol. The summed E-state index contributed by atoms with van der Waals surface area (Å²) in [6.45, 7) is 11.2. The molecule has 19 heavy (non-hydrogen) atoms. The minimum Gasteiger partial charge on any atom is -0.317 e. The van der Waals surface area contributed by atoms with Crippen LogP contribution < -0.4 is 5.32 Å². The van der Waals surface area contributed by atoms with Crippen LogP contribution in [0, 0.1) is 11.3 Å². The number of rotatable bonds is 7. The fourth-order valence-corrected chi connectivity index (χ4v) is 2.45. The Morgan fingerprint density at radius 2 is 1.89 bits per heavy atom. The predicted octanol–water partition coefficient (Wildman–Crippen LogP) is 4.93. The summed E-state index contributed by atoms with van der Waals surface area (Å²) in [6.07, 6.45) is 3.58. The van der Waals surface area contributed by atoms with E-state index < -0.39 is 0 Å². The van der Waals surface area contributed by atoms with E-state index in [9.17, 15) is 0 Å². The number of hydrogen-bond acceptors (Lipinski definition) is 1. The van der Waals surface area contributed by atoms with Crippen molar-refractivity contribution in [1.29, 1.82) is 0 Å². The lowest BCUT2D eigenvalue weighted by atomic mass is 9.84. The summed E-state index contributed by atoms with van der Waals surface area (Å²) < 4.78 is 0. The van der Waals surface area contributed by atoms with Gasteiger partial charge in [-0.25, -0.2) is 0 Å². The van der Waals surface area contributed by atoms with Gasteiger partial charge in [0.1, 0.15) is 0 Å². The average Bonchev–Trinajstić information content (AvgIpc) is 2.34. The molecule has 0 aromatic heterocycles. The van der Waals surface area contributed by atoms with Gasteiger partial charge >= 0.3 is 0 Å². The number of hydrogen-bond donors (Lipinski definition) is 1. The fourth-order valence-electron chi connectivity index (χ4n) is 2.24. The van der Waals surface area contributed by atoms with Crippen molar-refractivity contribution in [3.63, 3.8) is 0 Å². The molecule has 0 aliphatic heterocycles. The Bertz CT molecular complexity index is 368. The van der Waals surface area contributed by atoms with Gasteiger partial charge in [0.05, 0.1) is 0 Å². The molecule has 1 nitrogen and oxygen atoms in total. The highest BCUT2D eigenvalue weighted by molar-refractivity contribution is 6.31. The van der Waals surface area contributed by atoms with Crippen molar-refractivity contribution in [3.05, 3.63) is 34.9 Å². The van der Waals surface area contributed by atoms with E-state index in [1.54, 1.807) is 0 Å². The van der Waals surface area contributed by atoms with Crippen LogP contribution in [0.1, 0.15) is 46.1 Å². The highest BCUT2D eigenvalue weighted by atomic mass is 35.5. The van der Waals surface area contributed by atoms with Crippen molar-refractivity contribution in [1.82, 2.24) is 5.32 Å². The molecule has 0 saturated heterocycles. The highest BCUT2D eigenvalue weighted by Gasteiger charge is 2.16. The topological polar surface area (TPSA) is 12.0 Å². The van der Waals surface area contributed by atoms with Crippen molar-refractivity contribution >= 4 is 11.6 Å². The van der Waals surface area contributed by atoms with Gasteiger partial charge in [0.2, 0.25) is 0 Å².